The third-order valence-corrected chi connectivity index (χ3v) is 3.99. The molecule has 2 aromatic rings. The zero-order valence-electron chi connectivity index (χ0n) is 15.8. The van der Waals surface area contributed by atoms with Crippen LogP contribution in [0.15, 0.2) is 47.6 Å². The molecule has 2 N–H and O–H groups in total. The van der Waals surface area contributed by atoms with Crippen molar-refractivity contribution in [2.45, 2.75) is 32.6 Å². The van der Waals surface area contributed by atoms with E-state index >= 15 is 0 Å². The molecule has 6 heteroatoms. The van der Waals surface area contributed by atoms with Crippen LogP contribution in [0.25, 0.3) is 0 Å². The summed E-state index contributed by atoms with van der Waals surface area (Å²) in [5.41, 5.74) is 4.07. The number of amides is 1. The lowest BCUT2D eigenvalue weighted by atomic mass is 10.1. The van der Waals surface area contributed by atoms with Crippen molar-refractivity contribution in [1.82, 2.24) is 5.43 Å². The van der Waals surface area contributed by atoms with Crippen LogP contribution in [0, 0.1) is 0 Å². The van der Waals surface area contributed by atoms with Gasteiger partial charge < -0.3 is 14.6 Å². The van der Waals surface area contributed by atoms with Crippen molar-refractivity contribution < 1.29 is 19.4 Å². The van der Waals surface area contributed by atoms with Crippen LogP contribution in [0.3, 0.4) is 0 Å². The molecule has 0 aliphatic carbocycles. The van der Waals surface area contributed by atoms with E-state index in [0.717, 1.165) is 6.42 Å². The molecular formula is C21H26N2O4. The number of hydrogen-bond acceptors (Lipinski definition) is 5. The van der Waals surface area contributed by atoms with Crippen molar-refractivity contribution in [3.05, 3.63) is 53.6 Å². The van der Waals surface area contributed by atoms with Crippen molar-refractivity contribution in [3.63, 3.8) is 0 Å². The Balaban J connectivity index is 1.77. The molecule has 0 aliphatic heterocycles. The average molecular weight is 370 g/mol. The summed E-state index contributed by atoms with van der Waals surface area (Å²) in [6.45, 7) is 2.04. The number of ether oxygens (including phenoxy) is 2. The zero-order chi connectivity index (χ0) is 19.5. The van der Waals surface area contributed by atoms with E-state index in [1.807, 2.05) is 24.3 Å². The van der Waals surface area contributed by atoms with Gasteiger partial charge in [0.05, 0.1) is 13.3 Å². The van der Waals surface area contributed by atoms with E-state index in [-0.39, 0.29) is 18.3 Å². The molecular weight excluding hydrogens is 344 g/mol. The molecule has 0 spiro atoms. The molecule has 1 amide bonds. The third-order valence-electron chi connectivity index (χ3n) is 3.99. The molecule has 0 atom stereocenters. The Hall–Kier alpha value is -3.02. The number of nitrogens with one attached hydrogen (secondary N) is 1. The fraction of sp³-hybridized carbons (Fsp3) is 0.333. The lowest BCUT2D eigenvalue weighted by Gasteiger charge is -2.06. The van der Waals surface area contributed by atoms with E-state index in [1.54, 1.807) is 12.1 Å². The molecule has 144 valence electrons. The van der Waals surface area contributed by atoms with E-state index in [9.17, 15) is 9.90 Å². The predicted molar refractivity (Wildman–Crippen MR) is 106 cm³/mol. The minimum absolute atomic E-state index is 0.0454. The average Bonchev–Trinajstić information content (AvgIpc) is 2.69. The molecule has 0 saturated heterocycles. The number of hydrogen-bond donors (Lipinski definition) is 2. The number of carbonyl (C=O) groups excluding carboxylic acids is 1. The first-order valence-corrected chi connectivity index (χ1v) is 9.03. The highest BCUT2D eigenvalue weighted by atomic mass is 16.5. The second-order valence-electron chi connectivity index (χ2n) is 6.11. The van der Waals surface area contributed by atoms with E-state index < -0.39 is 0 Å². The largest absolute Gasteiger partial charge is 0.507 e. The number of aryl methyl sites for hydroxylation is 1. The van der Waals surface area contributed by atoms with Gasteiger partial charge in [-0.25, -0.2) is 5.43 Å². The molecule has 0 unspecified atom stereocenters. The van der Waals surface area contributed by atoms with Gasteiger partial charge in [0, 0.05) is 5.56 Å². The quantitative estimate of drug-likeness (QED) is 0.380. The van der Waals surface area contributed by atoms with Crippen molar-refractivity contribution in [2.24, 2.45) is 5.10 Å². The van der Waals surface area contributed by atoms with E-state index in [1.165, 1.54) is 44.2 Å². The molecule has 0 radical (unpaired) electrons. The van der Waals surface area contributed by atoms with Gasteiger partial charge in [-0.3, -0.25) is 4.79 Å². The molecule has 0 fully saturated rings. The first-order chi connectivity index (χ1) is 13.1. The number of carbonyl (C=O) groups is 1. The number of hydrazone groups is 1. The highest BCUT2D eigenvalue weighted by Crippen LogP contribution is 2.21. The number of unbranched alkanes of at least 4 members (excludes halogenated alkanes) is 2. The van der Waals surface area contributed by atoms with E-state index in [2.05, 4.69) is 17.5 Å². The Morgan fingerprint density at radius 3 is 2.59 bits per heavy atom. The third kappa shape index (κ3) is 7.01. The molecule has 27 heavy (non-hydrogen) atoms. The molecule has 2 rings (SSSR count). The molecule has 2 aromatic carbocycles. The fourth-order valence-corrected chi connectivity index (χ4v) is 2.45. The summed E-state index contributed by atoms with van der Waals surface area (Å²) in [5, 5.41) is 13.6. The topological polar surface area (TPSA) is 80.2 Å². The number of benzene rings is 2. The molecule has 0 aromatic heterocycles. The summed E-state index contributed by atoms with van der Waals surface area (Å²) in [5.74, 6) is 0.880. The van der Waals surface area contributed by atoms with Crippen LogP contribution < -0.4 is 14.9 Å². The Morgan fingerprint density at radius 2 is 1.89 bits per heavy atom. The predicted octanol–water partition coefficient (Wildman–Crippen LogP) is 3.66. The Bertz CT molecular complexity index is 757. The van der Waals surface area contributed by atoms with Crippen LogP contribution in [0.5, 0.6) is 17.2 Å². The molecule has 0 heterocycles. The minimum Gasteiger partial charge on any atom is -0.507 e. The summed E-state index contributed by atoms with van der Waals surface area (Å²) in [7, 11) is 1.53. The monoisotopic (exact) mass is 370 g/mol. The maximum Gasteiger partial charge on any atom is 0.277 e. The minimum atomic E-state index is -0.388. The number of aromatic hydroxyl groups is 1. The van der Waals surface area contributed by atoms with Gasteiger partial charge in [0.2, 0.25) is 0 Å². The Kier molecular flexibility index (Phi) is 8.16. The molecule has 0 saturated carbocycles. The van der Waals surface area contributed by atoms with Crippen molar-refractivity contribution in [1.29, 1.82) is 0 Å². The van der Waals surface area contributed by atoms with Crippen LogP contribution >= 0.6 is 0 Å². The maximum atomic E-state index is 11.8. The number of phenols is 1. The van der Waals surface area contributed by atoms with Gasteiger partial charge >= 0.3 is 0 Å². The lowest BCUT2D eigenvalue weighted by Crippen LogP contribution is -2.24. The number of rotatable bonds is 10. The van der Waals surface area contributed by atoms with Crippen LogP contribution in [0.4, 0.5) is 0 Å². The van der Waals surface area contributed by atoms with Crippen molar-refractivity contribution in [3.8, 4) is 17.2 Å². The number of phenolic OH excluding ortho intramolecular Hbond substituents is 1. The molecule has 6 nitrogen and oxygen atoms in total. The van der Waals surface area contributed by atoms with Crippen molar-refractivity contribution >= 4 is 12.1 Å². The SMILES string of the molecule is CCCCCc1ccc(OCC(=O)N/N=C\c2cc(OC)ccc2O)cc1. The smallest absolute Gasteiger partial charge is 0.277 e. The maximum absolute atomic E-state index is 11.8. The Labute approximate surface area is 159 Å². The van der Waals surface area contributed by atoms with Crippen LogP contribution in [-0.4, -0.2) is 30.9 Å². The van der Waals surface area contributed by atoms with Gasteiger partial charge in [0.1, 0.15) is 17.2 Å². The summed E-state index contributed by atoms with van der Waals surface area (Å²) in [6.07, 6.45) is 6.02. The van der Waals surface area contributed by atoms with Gasteiger partial charge in [0.15, 0.2) is 6.61 Å². The summed E-state index contributed by atoms with van der Waals surface area (Å²) in [6, 6.07) is 12.5. The lowest BCUT2D eigenvalue weighted by molar-refractivity contribution is -0.123. The summed E-state index contributed by atoms with van der Waals surface area (Å²) < 4.78 is 10.5. The van der Waals surface area contributed by atoms with Gasteiger partial charge in [-0.1, -0.05) is 31.9 Å². The second kappa shape index (κ2) is 10.9. The normalized spacial score (nSPS) is 10.7. The zero-order valence-corrected chi connectivity index (χ0v) is 15.8. The highest BCUT2D eigenvalue weighted by molar-refractivity contribution is 5.85. The summed E-state index contributed by atoms with van der Waals surface area (Å²) in [4.78, 5) is 11.8. The number of methoxy groups -OCH3 is 1. The van der Waals surface area contributed by atoms with Gasteiger partial charge in [-0.05, 0) is 48.7 Å². The molecule has 0 bridgehead atoms. The van der Waals surface area contributed by atoms with E-state index in [0.29, 0.717) is 17.1 Å². The van der Waals surface area contributed by atoms with Crippen LogP contribution in [0.1, 0.15) is 37.3 Å². The van der Waals surface area contributed by atoms with Crippen LogP contribution in [0.2, 0.25) is 0 Å². The standard InChI is InChI=1S/C21H26N2O4/c1-3-4-5-6-16-7-9-18(10-8-16)27-15-21(25)23-22-14-17-13-19(26-2)11-12-20(17)24/h7-14,24H,3-6,15H2,1-2H3,(H,23,25)/b22-14-. The first kappa shape index (κ1) is 20.3. The van der Waals surface area contributed by atoms with E-state index in [4.69, 9.17) is 9.47 Å². The highest BCUT2D eigenvalue weighted by Gasteiger charge is 2.03. The van der Waals surface area contributed by atoms with Gasteiger partial charge in [-0.2, -0.15) is 5.10 Å². The first-order valence-electron chi connectivity index (χ1n) is 9.03. The van der Waals surface area contributed by atoms with Crippen molar-refractivity contribution in [2.75, 3.05) is 13.7 Å². The van der Waals surface area contributed by atoms with Gasteiger partial charge in [0.25, 0.3) is 5.91 Å². The number of nitrogens with zero attached hydrogens (tertiary/aromatic N) is 1. The second-order valence-corrected chi connectivity index (χ2v) is 6.11. The Morgan fingerprint density at radius 1 is 1.15 bits per heavy atom. The fourth-order valence-electron chi connectivity index (χ4n) is 2.45. The van der Waals surface area contributed by atoms with Crippen LogP contribution in [-0.2, 0) is 11.2 Å². The molecule has 0 aliphatic rings. The van der Waals surface area contributed by atoms with Gasteiger partial charge in [-0.15, -0.1) is 0 Å². The summed E-state index contributed by atoms with van der Waals surface area (Å²) >= 11 is 0.